The lowest BCUT2D eigenvalue weighted by Crippen LogP contribution is -2.10. The van der Waals surface area contributed by atoms with Gasteiger partial charge in [-0.2, -0.15) is 0 Å². The molecule has 32 heavy (non-hydrogen) atoms. The van der Waals surface area contributed by atoms with Crippen LogP contribution in [0.4, 0.5) is 5.69 Å². The van der Waals surface area contributed by atoms with Gasteiger partial charge in [-0.15, -0.1) is 11.3 Å². The van der Waals surface area contributed by atoms with Crippen molar-refractivity contribution in [2.75, 3.05) is 12.4 Å². The van der Waals surface area contributed by atoms with E-state index in [1.165, 1.54) is 18.4 Å². The first-order valence-corrected chi connectivity index (χ1v) is 11.0. The fourth-order valence-corrected chi connectivity index (χ4v) is 4.77. The van der Waals surface area contributed by atoms with Gasteiger partial charge in [-0.25, -0.2) is 4.79 Å². The van der Waals surface area contributed by atoms with Gasteiger partial charge >= 0.3 is 5.97 Å². The quantitative estimate of drug-likeness (QED) is 0.331. The van der Waals surface area contributed by atoms with Crippen LogP contribution in [-0.4, -0.2) is 19.0 Å². The van der Waals surface area contributed by atoms with Gasteiger partial charge in [0.15, 0.2) is 5.76 Å². The molecular weight excluding hydrogens is 450 g/mol. The van der Waals surface area contributed by atoms with Crippen LogP contribution in [0.5, 0.6) is 5.75 Å². The number of para-hydroxylation sites is 1. The van der Waals surface area contributed by atoms with Crippen molar-refractivity contribution in [1.82, 2.24) is 0 Å². The number of benzene rings is 2. The van der Waals surface area contributed by atoms with Gasteiger partial charge in [-0.3, -0.25) is 4.79 Å². The van der Waals surface area contributed by atoms with E-state index in [2.05, 4.69) is 5.32 Å². The Morgan fingerprint density at radius 1 is 1.09 bits per heavy atom. The van der Waals surface area contributed by atoms with Gasteiger partial charge in [0.25, 0.3) is 5.91 Å². The Hall–Kier alpha value is -3.29. The molecular formula is C24H20ClNO5S. The Morgan fingerprint density at radius 3 is 2.56 bits per heavy atom. The maximum absolute atomic E-state index is 12.6. The highest BCUT2D eigenvalue weighted by Gasteiger charge is 2.19. The number of rotatable bonds is 6. The summed E-state index contributed by atoms with van der Waals surface area (Å²) >= 11 is 7.48. The summed E-state index contributed by atoms with van der Waals surface area (Å²) in [5.74, 6) is 0.640. The van der Waals surface area contributed by atoms with E-state index in [9.17, 15) is 9.59 Å². The Kier molecular flexibility index (Phi) is 6.21. The monoisotopic (exact) mass is 469 g/mol. The molecule has 0 saturated carbocycles. The molecule has 6 nitrogen and oxygen atoms in total. The number of carbonyl (C=O) groups excluding carboxylic acids is 2. The van der Waals surface area contributed by atoms with Crippen molar-refractivity contribution in [3.05, 3.63) is 81.1 Å². The number of carbonyl (C=O) groups is 2. The second-order valence-electron chi connectivity index (χ2n) is 7.18. The van der Waals surface area contributed by atoms with E-state index >= 15 is 0 Å². The molecule has 164 valence electrons. The van der Waals surface area contributed by atoms with Crippen molar-refractivity contribution in [3.8, 4) is 5.75 Å². The van der Waals surface area contributed by atoms with E-state index in [-0.39, 0.29) is 12.4 Å². The number of nitrogens with one attached hydrogen (secondary N) is 1. The average Bonchev–Trinajstić information content (AvgIpc) is 3.37. The summed E-state index contributed by atoms with van der Waals surface area (Å²) in [6.07, 6.45) is 0. The van der Waals surface area contributed by atoms with Gasteiger partial charge in [0.05, 0.1) is 12.1 Å². The number of ether oxygens (including phenoxy) is 2. The zero-order valence-electron chi connectivity index (χ0n) is 17.7. The van der Waals surface area contributed by atoms with Crippen LogP contribution in [0.15, 0.2) is 52.9 Å². The van der Waals surface area contributed by atoms with Crippen molar-refractivity contribution in [2.24, 2.45) is 0 Å². The van der Waals surface area contributed by atoms with E-state index < -0.39 is 11.9 Å². The zero-order chi connectivity index (χ0) is 22.8. The molecule has 4 rings (SSSR count). The van der Waals surface area contributed by atoms with Crippen LogP contribution in [0, 0.1) is 13.8 Å². The second-order valence-corrected chi connectivity index (χ2v) is 8.61. The van der Waals surface area contributed by atoms with Crippen LogP contribution < -0.4 is 10.1 Å². The van der Waals surface area contributed by atoms with E-state index in [1.807, 2.05) is 32.0 Å². The normalized spacial score (nSPS) is 10.9. The molecule has 0 atom stereocenters. The molecule has 2 aromatic carbocycles. The molecule has 0 saturated heterocycles. The number of anilines is 1. The predicted octanol–water partition coefficient (Wildman–Crippen LogP) is 6.38. The first-order valence-electron chi connectivity index (χ1n) is 9.77. The lowest BCUT2D eigenvalue weighted by Gasteiger charge is -2.10. The SMILES string of the molecule is COC(=O)c1sc2cc(NC(=O)c3ccc(COc4c(C)cccc4C)o3)ccc2c1Cl. The minimum Gasteiger partial charge on any atom is -0.485 e. The molecule has 1 amide bonds. The topological polar surface area (TPSA) is 77.8 Å². The van der Waals surface area contributed by atoms with Gasteiger partial charge in [0.1, 0.15) is 23.0 Å². The molecule has 2 heterocycles. The molecule has 0 radical (unpaired) electrons. The lowest BCUT2D eigenvalue weighted by molar-refractivity contribution is 0.0606. The number of hydrogen-bond donors (Lipinski definition) is 1. The molecule has 0 aliphatic carbocycles. The van der Waals surface area contributed by atoms with Crippen molar-refractivity contribution in [2.45, 2.75) is 20.5 Å². The summed E-state index contributed by atoms with van der Waals surface area (Å²) in [6, 6.07) is 14.5. The van der Waals surface area contributed by atoms with Gasteiger partial charge in [-0.05, 0) is 55.3 Å². The molecule has 0 spiro atoms. The Morgan fingerprint density at radius 2 is 1.84 bits per heavy atom. The average molecular weight is 470 g/mol. The number of fused-ring (bicyclic) bond motifs is 1. The predicted molar refractivity (Wildman–Crippen MR) is 125 cm³/mol. The fraction of sp³-hybridized carbons (Fsp3) is 0.167. The van der Waals surface area contributed by atoms with Crippen LogP contribution >= 0.6 is 22.9 Å². The van der Waals surface area contributed by atoms with Gasteiger partial charge in [-0.1, -0.05) is 29.8 Å². The second kappa shape index (κ2) is 9.06. The van der Waals surface area contributed by atoms with Crippen LogP contribution in [0.2, 0.25) is 5.02 Å². The summed E-state index contributed by atoms with van der Waals surface area (Å²) in [6.45, 7) is 4.18. The molecule has 0 unspecified atom stereocenters. The van der Waals surface area contributed by atoms with Crippen molar-refractivity contribution in [3.63, 3.8) is 0 Å². The maximum atomic E-state index is 12.6. The molecule has 0 fully saturated rings. The van der Waals surface area contributed by atoms with Gasteiger partial charge in [0.2, 0.25) is 0 Å². The summed E-state index contributed by atoms with van der Waals surface area (Å²) in [4.78, 5) is 24.8. The molecule has 2 aromatic heterocycles. The van der Waals surface area contributed by atoms with Gasteiger partial charge < -0.3 is 19.2 Å². The summed E-state index contributed by atoms with van der Waals surface area (Å²) < 4.78 is 17.1. The van der Waals surface area contributed by atoms with E-state index in [4.69, 9.17) is 25.5 Å². The van der Waals surface area contributed by atoms with Gasteiger partial charge in [0, 0.05) is 15.8 Å². The van der Waals surface area contributed by atoms with Crippen molar-refractivity contribution in [1.29, 1.82) is 0 Å². The van der Waals surface area contributed by atoms with Crippen LogP contribution in [0.25, 0.3) is 10.1 Å². The smallest absolute Gasteiger partial charge is 0.349 e. The number of methoxy groups -OCH3 is 1. The zero-order valence-corrected chi connectivity index (χ0v) is 19.2. The largest absolute Gasteiger partial charge is 0.485 e. The Labute approximate surface area is 193 Å². The third-order valence-electron chi connectivity index (χ3n) is 4.91. The van der Waals surface area contributed by atoms with Crippen LogP contribution in [0.1, 0.15) is 37.1 Å². The molecule has 0 aliphatic rings. The first-order chi connectivity index (χ1) is 15.4. The van der Waals surface area contributed by atoms with Crippen molar-refractivity contribution < 1.29 is 23.5 Å². The first kappa shape index (κ1) is 21.9. The fourth-order valence-electron chi connectivity index (χ4n) is 3.31. The minimum absolute atomic E-state index is 0.171. The number of halogens is 1. The highest BCUT2D eigenvalue weighted by atomic mass is 35.5. The molecule has 0 bridgehead atoms. The molecule has 1 N–H and O–H groups in total. The number of amides is 1. The number of aryl methyl sites for hydroxylation is 2. The number of esters is 1. The lowest BCUT2D eigenvalue weighted by atomic mass is 10.1. The summed E-state index contributed by atoms with van der Waals surface area (Å²) in [5, 5.41) is 3.86. The minimum atomic E-state index is -0.493. The number of hydrogen-bond acceptors (Lipinski definition) is 6. The standard InChI is InChI=1S/C24H20ClNO5S/c1-13-5-4-6-14(2)21(13)30-12-16-8-10-18(31-16)23(27)26-15-7-9-17-19(11-15)32-22(20(17)25)24(28)29-3/h4-11H,12H2,1-3H3,(H,26,27). The van der Waals surface area contributed by atoms with Crippen LogP contribution in [0.3, 0.4) is 0 Å². The summed E-state index contributed by atoms with van der Waals surface area (Å²) in [7, 11) is 1.31. The molecule has 0 aliphatic heterocycles. The van der Waals surface area contributed by atoms with Crippen molar-refractivity contribution >= 4 is 50.6 Å². The Bertz CT molecular complexity index is 1300. The van der Waals surface area contributed by atoms with Crippen LogP contribution in [-0.2, 0) is 11.3 Å². The highest BCUT2D eigenvalue weighted by molar-refractivity contribution is 7.21. The third kappa shape index (κ3) is 4.35. The van der Waals surface area contributed by atoms with E-state index in [0.29, 0.717) is 21.3 Å². The van der Waals surface area contributed by atoms with E-state index in [1.54, 1.807) is 30.3 Å². The highest BCUT2D eigenvalue weighted by Crippen LogP contribution is 2.37. The summed E-state index contributed by atoms with van der Waals surface area (Å²) in [5.41, 5.74) is 2.63. The third-order valence-corrected chi connectivity index (χ3v) is 6.55. The van der Waals surface area contributed by atoms with E-state index in [0.717, 1.165) is 27.0 Å². The Balaban J connectivity index is 1.46. The maximum Gasteiger partial charge on any atom is 0.349 e. The number of thiophene rings is 1. The number of furan rings is 1. The molecule has 4 aromatic rings. The molecule has 8 heteroatoms.